The van der Waals surface area contributed by atoms with Crippen LogP contribution in [0.3, 0.4) is 0 Å². The summed E-state index contributed by atoms with van der Waals surface area (Å²) in [5.74, 6) is 0.651. The van der Waals surface area contributed by atoms with Crippen LogP contribution in [-0.2, 0) is 12.6 Å². The second-order valence-corrected chi connectivity index (χ2v) is 9.52. The van der Waals surface area contributed by atoms with Crippen molar-refractivity contribution in [3.05, 3.63) is 64.7 Å². The van der Waals surface area contributed by atoms with Gasteiger partial charge in [0.1, 0.15) is 0 Å². The standard InChI is InChI=1S/C25H29ClF3N3O/c26-20-8-4-17(5-9-20)16-18-12-14-32(15-13-18)23-3-1-2-22(23)31-24(33)30-21-10-6-19(7-11-21)25(27,28)29/h4-11,18,22-23H,1-3,12-16H2,(H2,30,31,33). The Bertz CT molecular complexity index is 925. The molecule has 2 aromatic carbocycles. The first-order valence-electron chi connectivity index (χ1n) is 11.5. The number of halogens is 4. The molecule has 2 aromatic rings. The Labute approximate surface area is 197 Å². The Morgan fingerprint density at radius 3 is 2.27 bits per heavy atom. The van der Waals surface area contributed by atoms with E-state index < -0.39 is 11.7 Å². The fourth-order valence-corrected chi connectivity index (χ4v) is 5.19. The molecular formula is C25H29ClF3N3O. The topological polar surface area (TPSA) is 44.4 Å². The average Bonchev–Trinajstić information content (AvgIpc) is 3.23. The molecule has 4 rings (SSSR count). The van der Waals surface area contributed by atoms with Gasteiger partial charge in [-0.1, -0.05) is 23.7 Å². The van der Waals surface area contributed by atoms with E-state index in [2.05, 4.69) is 27.7 Å². The van der Waals surface area contributed by atoms with Crippen LogP contribution in [0.5, 0.6) is 0 Å². The van der Waals surface area contributed by atoms with Gasteiger partial charge < -0.3 is 10.6 Å². The van der Waals surface area contributed by atoms with E-state index in [1.165, 1.54) is 17.7 Å². The molecule has 2 aliphatic rings. The van der Waals surface area contributed by atoms with Crippen LogP contribution in [0.1, 0.15) is 43.2 Å². The van der Waals surface area contributed by atoms with Crippen molar-refractivity contribution in [3.8, 4) is 0 Å². The van der Waals surface area contributed by atoms with E-state index in [1.807, 2.05) is 12.1 Å². The zero-order chi connectivity index (χ0) is 23.4. The van der Waals surface area contributed by atoms with Crippen LogP contribution in [0, 0.1) is 5.92 Å². The van der Waals surface area contributed by atoms with Crippen LogP contribution in [0.25, 0.3) is 0 Å². The minimum atomic E-state index is -4.39. The summed E-state index contributed by atoms with van der Waals surface area (Å²) in [5, 5.41) is 6.47. The van der Waals surface area contributed by atoms with Gasteiger partial charge in [-0.3, -0.25) is 4.90 Å². The van der Waals surface area contributed by atoms with Crippen LogP contribution in [0.2, 0.25) is 5.02 Å². The number of likely N-dealkylation sites (tertiary alicyclic amines) is 1. The van der Waals surface area contributed by atoms with E-state index in [-0.39, 0.29) is 12.1 Å². The normalized spacial score (nSPS) is 22.3. The van der Waals surface area contributed by atoms with E-state index in [9.17, 15) is 18.0 Å². The second-order valence-electron chi connectivity index (χ2n) is 9.09. The van der Waals surface area contributed by atoms with Gasteiger partial charge in [0.15, 0.2) is 0 Å². The minimum absolute atomic E-state index is 0.0484. The lowest BCUT2D eigenvalue weighted by molar-refractivity contribution is -0.137. The summed E-state index contributed by atoms with van der Waals surface area (Å²) in [5.41, 5.74) is 0.931. The molecule has 1 saturated heterocycles. The molecular weight excluding hydrogens is 451 g/mol. The third-order valence-corrected chi connectivity index (χ3v) is 7.07. The molecule has 2 unspecified atom stereocenters. The first-order chi connectivity index (χ1) is 15.8. The molecule has 33 heavy (non-hydrogen) atoms. The number of carbonyl (C=O) groups is 1. The van der Waals surface area contributed by atoms with E-state index >= 15 is 0 Å². The van der Waals surface area contributed by atoms with Crippen molar-refractivity contribution < 1.29 is 18.0 Å². The zero-order valence-electron chi connectivity index (χ0n) is 18.4. The largest absolute Gasteiger partial charge is 0.416 e. The van der Waals surface area contributed by atoms with Gasteiger partial charge in [-0.25, -0.2) is 4.79 Å². The number of nitrogens with one attached hydrogen (secondary N) is 2. The summed E-state index contributed by atoms with van der Waals surface area (Å²) in [6, 6.07) is 12.6. The number of hydrogen-bond donors (Lipinski definition) is 2. The summed E-state index contributed by atoms with van der Waals surface area (Å²) < 4.78 is 38.1. The van der Waals surface area contributed by atoms with Gasteiger partial charge in [-0.15, -0.1) is 0 Å². The number of hydrogen-bond acceptors (Lipinski definition) is 2. The van der Waals surface area contributed by atoms with Gasteiger partial charge in [-0.05, 0) is 99.5 Å². The molecule has 8 heteroatoms. The highest BCUT2D eigenvalue weighted by molar-refractivity contribution is 6.30. The molecule has 2 atom stereocenters. The van der Waals surface area contributed by atoms with Gasteiger partial charge in [0.05, 0.1) is 5.56 Å². The molecule has 1 aliphatic heterocycles. The monoisotopic (exact) mass is 479 g/mol. The zero-order valence-corrected chi connectivity index (χ0v) is 19.1. The van der Waals surface area contributed by atoms with Gasteiger partial charge >= 0.3 is 12.2 Å². The molecule has 1 heterocycles. The lowest BCUT2D eigenvalue weighted by Gasteiger charge is -2.38. The maximum Gasteiger partial charge on any atom is 0.416 e. The molecule has 2 fully saturated rings. The number of amides is 2. The SMILES string of the molecule is O=C(Nc1ccc(C(F)(F)F)cc1)NC1CCCC1N1CCC(Cc2ccc(Cl)cc2)CC1. The van der Waals surface area contributed by atoms with Crippen molar-refractivity contribution in [1.82, 2.24) is 10.2 Å². The van der Waals surface area contributed by atoms with Gasteiger partial charge in [-0.2, -0.15) is 13.2 Å². The van der Waals surface area contributed by atoms with Crippen LogP contribution in [0.4, 0.5) is 23.7 Å². The summed E-state index contributed by atoms with van der Waals surface area (Å²) in [7, 11) is 0. The van der Waals surface area contributed by atoms with Crippen molar-refractivity contribution in [1.29, 1.82) is 0 Å². The third kappa shape index (κ3) is 6.42. The number of benzene rings is 2. The molecule has 0 aromatic heterocycles. The molecule has 2 amide bonds. The van der Waals surface area contributed by atoms with Gasteiger partial charge in [0, 0.05) is 22.8 Å². The molecule has 178 valence electrons. The highest BCUT2D eigenvalue weighted by Gasteiger charge is 2.35. The van der Waals surface area contributed by atoms with Crippen LogP contribution >= 0.6 is 11.6 Å². The van der Waals surface area contributed by atoms with E-state index in [1.54, 1.807) is 0 Å². The molecule has 0 radical (unpaired) electrons. The molecule has 1 saturated carbocycles. The number of alkyl halides is 3. The van der Waals surface area contributed by atoms with Crippen molar-refractivity contribution in [3.63, 3.8) is 0 Å². The Hall–Kier alpha value is -2.25. The first-order valence-corrected chi connectivity index (χ1v) is 11.9. The molecule has 2 N–H and O–H groups in total. The molecule has 4 nitrogen and oxygen atoms in total. The number of rotatable bonds is 5. The van der Waals surface area contributed by atoms with Crippen molar-refractivity contribution >= 4 is 23.3 Å². The number of urea groups is 1. The van der Waals surface area contributed by atoms with E-state index in [4.69, 9.17) is 11.6 Å². The molecule has 0 spiro atoms. The predicted molar refractivity (Wildman–Crippen MR) is 124 cm³/mol. The average molecular weight is 480 g/mol. The van der Waals surface area contributed by atoms with Crippen molar-refractivity contribution in [2.24, 2.45) is 5.92 Å². The van der Waals surface area contributed by atoms with Gasteiger partial charge in [0.25, 0.3) is 0 Å². The Morgan fingerprint density at radius 2 is 1.64 bits per heavy atom. The smallest absolute Gasteiger partial charge is 0.334 e. The summed E-state index contributed by atoms with van der Waals surface area (Å²) >= 11 is 5.98. The fraction of sp³-hybridized carbons (Fsp3) is 0.480. The van der Waals surface area contributed by atoms with Crippen molar-refractivity contribution in [2.45, 2.75) is 56.8 Å². The molecule has 0 bridgehead atoms. The summed E-state index contributed by atoms with van der Waals surface area (Å²) in [6.07, 6.45) is 1.95. The number of carbonyl (C=O) groups excluding carboxylic acids is 1. The predicted octanol–water partition coefficient (Wildman–Crippen LogP) is 6.36. The maximum atomic E-state index is 12.7. The maximum absolute atomic E-state index is 12.7. The Morgan fingerprint density at radius 1 is 0.970 bits per heavy atom. The fourth-order valence-electron chi connectivity index (χ4n) is 5.07. The summed E-state index contributed by atoms with van der Waals surface area (Å²) in [4.78, 5) is 15.0. The van der Waals surface area contributed by atoms with Crippen molar-refractivity contribution in [2.75, 3.05) is 18.4 Å². The minimum Gasteiger partial charge on any atom is -0.334 e. The van der Waals surface area contributed by atoms with Crippen LogP contribution in [-0.4, -0.2) is 36.1 Å². The van der Waals surface area contributed by atoms with Crippen LogP contribution < -0.4 is 10.6 Å². The van der Waals surface area contributed by atoms with E-state index in [0.29, 0.717) is 17.6 Å². The quantitative estimate of drug-likeness (QED) is 0.524. The number of piperidine rings is 1. The third-order valence-electron chi connectivity index (χ3n) is 6.82. The lowest BCUT2D eigenvalue weighted by atomic mass is 9.89. The molecule has 1 aliphatic carbocycles. The Balaban J connectivity index is 1.26. The Kier molecular flexibility index (Phi) is 7.49. The number of nitrogens with zero attached hydrogens (tertiary/aromatic N) is 1. The van der Waals surface area contributed by atoms with Crippen LogP contribution in [0.15, 0.2) is 48.5 Å². The second kappa shape index (κ2) is 10.3. The first kappa shape index (κ1) is 23.9. The highest BCUT2D eigenvalue weighted by atomic mass is 35.5. The number of anilines is 1. The highest BCUT2D eigenvalue weighted by Crippen LogP contribution is 2.31. The summed E-state index contributed by atoms with van der Waals surface area (Å²) in [6.45, 7) is 2.03. The lowest BCUT2D eigenvalue weighted by Crippen LogP contribution is -2.52. The van der Waals surface area contributed by atoms with Gasteiger partial charge in [0.2, 0.25) is 0 Å². The van der Waals surface area contributed by atoms with E-state index in [0.717, 1.165) is 68.8 Å².